The lowest BCUT2D eigenvalue weighted by Crippen LogP contribution is -2.58. The summed E-state index contributed by atoms with van der Waals surface area (Å²) in [5, 5.41) is 0. The summed E-state index contributed by atoms with van der Waals surface area (Å²) in [6.07, 6.45) is 0. The molecule has 0 aromatic rings. The fourth-order valence-electron chi connectivity index (χ4n) is 2.55. The Kier molecular flexibility index (Phi) is 4.60. The van der Waals surface area contributed by atoms with Crippen LogP contribution in [-0.4, -0.2) is 47.6 Å². The average molecular weight is 212 g/mol. The van der Waals surface area contributed by atoms with E-state index < -0.39 is 0 Å². The van der Waals surface area contributed by atoms with Gasteiger partial charge >= 0.3 is 0 Å². The summed E-state index contributed by atoms with van der Waals surface area (Å²) in [4.78, 5) is 5.28. The first-order chi connectivity index (χ1) is 6.93. The molecule has 1 rings (SSSR count). The standard InChI is InChI=1S/C13H28N2/c1-10(2)13-9-14(11(3)4)7-8-15(13)12(5)6/h10-13H,7-9H2,1-6H3/t13-/m1/s1. The van der Waals surface area contributed by atoms with Crippen molar-refractivity contribution in [3.63, 3.8) is 0 Å². The maximum atomic E-state index is 2.67. The highest BCUT2D eigenvalue weighted by molar-refractivity contribution is 4.86. The second-order valence-corrected chi connectivity index (χ2v) is 5.73. The van der Waals surface area contributed by atoms with Crippen LogP contribution in [0.1, 0.15) is 41.5 Å². The van der Waals surface area contributed by atoms with Crippen LogP contribution in [0.3, 0.4) is 0 Å². The highest BCUT2D eigenvalue weighted by atomic mass is 15.3. The van der Waals surface area contributed by atoms with E-state index in [2.05, 4.69) is 51.3 Å². The van der Waals surface area contributed by atoms with E-state index >= 15 is 0 Å². The Morgan fingerprint density at radius 2 is 1.47 bits per heavy atom. The van der Waals surface area contributed by atoms with Crippen LogP contribution in [0.5, 0.6) is 0 Å². The fraction of sp³-hybridized carbons (Fsp3) is 1.00. The Morgan fingerprint density at radius 3 is 1.87 bits per heavy atom. The van der Waals surface area contributed by atoms with E-state index in [1.54, 1.807) is 0 Å². The van der Waals surface area contributed by atoms with Crippen molar-refractivity contribution in [2.75, 3.05) is 19.6 Å². The summed E-state index contributed by atoms with van der Waals surface area (Å²) in [6.45, 7) is 17.7. The zero-order chi connectivity index (χ0) is 11.6. The zero-order valence-corrected chi connectivity index (χ0v) is 11.3. The van der Waals surface area contributed by atoms with Gasteiger partial charge in [0.05, 0.1) is 0 Å². The smallest absolute Gasteiger partial charge is 0.0249 e. The monoisotopic (exact) mass is 212 g/mol. The van der Waals surface area contributed by atoms with Gasteiger partial charge in [-0.3, -0.25) is 9.80 Å². The highest BCUT2D eigenvalue weighted by Crippen LogP contribution is 2.20. The van der Waals surface area contributed by atoms with Gasteiger partial charge in [0.15, 0.2) is 0 Å². The van der Waals surface area contributed by atoms with Gasteiger partial charge in [-0.15, -0.1) is 0 Å². The van der Waals surface area contributed by atoms with E-state index in [9.17, 15) is 0 Å². The van der Waals surface area contributed by atoms with Crippen LogP contribution in [-0.2, 0) is 0 Å². The first-order valence-electron chi connectivity index (χ1n) is 6.43. The maximum Gasteiger partial charge on any atom is 0.0249 e. The third-order valence-corrected chi connectivity index (χ3v) is 3.66. The molecule has 0 aliphatic carbocycles. The van der Waals surface area contributed by atoms with Gasteiger partial charge in [-0.25, -0.2) is 0 Å². The quantitative estimate of drug-likeness (QED) is 0.709. The average Bonchev–Trinajstić information content (AvgIpc) is 2.16. The van der Waals surface area contributed by atoms with Crippen LogP contribution < -0.4 is 0 Å². The molecule has 0 saturated carbocycles. The van der Waals surface area contributed by atoms with Crippen molar-refractivity contribution in [2.45, 2.75) is 59.7 Å². The Hall–Kier alpha value is -0.0800. The molecule has 1 fully saturated rings. The zero-order valence-electron chi connectivity index (χ0n) is 11.3. The maximum absolute atomic E-state index is 2.67. The molecule has 1 heterocycles. The topological polar surface area (TPSA) is 6.48 Å². The van der Waals surface area contributed by atoms with E-state index in [1.807, 2.05) is 0 Å². The molecule has 0 amide bonds. The van der Waals surface area contributed by atoms with Gasteiger partial charge in [0.25, 0.3) is 0 Å². The molecule has 2 heteroatoms. The Morgan fingerprint density at radius 1 is 0.867 bits per heavy atom. The van der Waals surface area contributed by atoms with E-state index in [1.165, 1.54) is 19.6 Å². The van der Waals surface area contributed by atoms with Crippen LogP contribution >= 0.6 is 0 Å². The number of rotatable bonds is 3. The van der Waals surface area contributed by atoms with Gasteiger partial charge in [-0.05, 0) is 33.6 Å². The van der Waals surface area contributed by atoms with E-state index in [-0.39, 0.29) is 0 Å². The molecular weight excluding hydrogens is 184 g/mol. The SMILES string of the molecule is CC(C)[C@H]1CN(C(C)C)CCN1C(C)C. The van der Waals surface area contributed by atoms with Crippen LogP contribution in [0.2, 0.25) is 0 Å². The van der Waals surface area contributed by atoms with Crippen LogP contribution in [0.15, 0.2) is 0 Å². The number of piperazine rings is 1. The molecule has 15 heavy (non-hydrogen) atoms. The first-order valence-corrected chi connectivity index (χ1v) is 6.43. The molecule has 1 aliphatic heterocycles. The molecule has 0 N–H and O–H groups in total. The molecule has 1 aliphatic rings. The predicted molar refractivity (Wildman–Crippen MR) is 67.2 cm³/mol. The van der Waals surface area contributed by atoms with E-state index in [0.717, 1.165) is 12.0 Å². The van der Waals surface area contributed by atoms with Crippen molar-refractivity contribution in [1.82, 2.24) is 9.80 Å². The third-order valence-electron chi connectivity index (χ3n) is 3.66. The van der Waals surface area contributed by atoms with Gasteiger partial charge in [0, 0.05) is 37.8 Å². The molecule has 0 aromatic heterocycles. The van der Waals surface area contributed by atoms with Gasteiger partial charge in [-0.1, -0.05) is 13.8 Å². The number of hydrogen-bond donors (Lipinski definition) is 0. The van der Waals surface area contributed by atoms with Gasteiger partial charge in [-0.2, -0.15) is 0 Å². The van der Waals surface area contributed by atoms with Crippen molar-refractivity contribution < 1.29 is 0 Å². The lowest BCUT2D eigenvalue weighted by molar-refractivity contribution is 0.0157. The van der Waals surface area contributed by atoms with E-state index in [4.69, 9.17) is 0 Å². The second kappa shape index (κ2) is 5.31. The fourth-order valence-corrected chi connectivity index (χ4v) is 2.55. The van der Waals surface area contributed by atoms with Crippen molar-refractivity contribution >= 4 is 0 Å². The minimum Gasteiger partial charge on any atom is -0.298 e. The first kappa shape index (κ1) is 13.0. The van der Waals surface area contributed by atoms with Gasteiger partial charge in [0.2, 0.25) is 0 Å². The Balaban J connectivity index is 2.65. The lowest BCUT2D eigenvalue weighted by atomic mass is 9.97. The molecule has 1 saturated heterocycles. The minimum atomic E-state index is 0.687. The van der Waals surface area contributed by atoms with Crippen molar-refractivity contribution in [3.8, 4) is 0 Å². The summed E-state index contributed by atoms with van der Waals surface area (Å²) in [5.41, 5.74) is 0. The van der Waals surface area contributed by atoms with Crippen molar-refractivity contribution in [2.24, 2.45) is 5.92 Å². The Labute approximate surface area is 95.6 Å². The summed E-state index contributed by atoms with van der Waals surface area (Å²) in [6, 6.07) is 2.12. The third kappa shape index (κ3) is 3.18. The highest BCUT2D eigenvalue weighted by Gasteiger charge is 2.31. The molecule has 2 nitrogen and oxygen atoms in total. The van der Waals surface area contributed by atoms with Gasteiger partial charge < -0.3 is 0 Å². The molecule has 1 atom stereocenters. The summed E-state index contributed by atoms with van der Waals surface area (Å²) in [7, 11) is 0. The normalized spacial score (nSPS) is 25.8. The van der Waals surface area contributed by atoms with Crippen molar-refractivity contribution in [3.05, 3.63) is 0 Å². The van der Waals surface area contributed by atoms with Crippen molar-refractivity contribution in [1.29, 1.82) is 0 Å². The predicted octanol–water partition coefficient (Wildman–Crippen LogP) is 2.45. The second-order valence-electron chi connectivity index (χ2n) is 5.73. The van der Waals surface area contributed by atoms with Crippen LogP contribution in [0, 0.1) is 5.92 Å². The largest absolute Gasteiger partial charge is 0.298 e. The summed E-state index contributed by atoms with van der Waals surface area (Å²) >= 11 is 0. The summed E-state index contributed by atoms with van der Waals surface area (Å²) in [5.74, 6) is 0.758. The number of hydrogen-bond acceptors (Lipinski definition) is 2. The number of nitrogens with zero attached hydrogens (tertiary/aromatic N) is 2. The summed E-state index contributed by atoms with van der Waals surface area (Å²) < 4.78 is 0. The molecular formula is C13H28N2. The van der Waals surface area contributed by atoms with Crippen LogP contribution in [0.25, 0.3) is 0 Å². The molecule has 0 aromatic carbocycles. The molecule has 90 valence electrons. The molecule has 0 radical (unpaired) electrons. The Bertz CT molecular complexity index is 187. The molecule has 0 unspecified atom stereocenters. The lowest BCUT2D eigenvalue weighted by Gasteiger charge is -2.46. The van der Waals surface area contributed by atoms with E-state index in [0.29, 0.717) is 12.1 Å². The van der Waals surface area contributed by atoms with Gasteiger partial charge in [0.1, 0.15) is 0 Å². The van der Waals surface area contributed by atoms with Crippen LogP contribution in [0.4, 0.5) is 0 Å². The molecule has 0 spiro atoms. The minimum absolute atomic E-state index is 0.687. The molecule has 0 bridgehead atoms.